The third-order valence-electron chi connectivity index (χ3n) is 4.60. The van der Waals surface area contributed by atoms with E-state index < -0.39 is 5.54 Å². The summed E-state index contributed by atoms with van der Waals surface area (Å²) in [4.78, 5) is 4.17. The Morgan fingerprint density at radius 1 is 1.04 bits per heavy atom. The van der Waals surface area contributed by atoms with Crippen LogP contribution in [0.15, 0.2) is 60.8 Å². The molecule has 6 heteroatoms. The number of benzene rings is 1. The standard InChI is InChI=1S/C21H25N3O3/c1-25-18-11-15(12-21(23)10-4-3-5-19(21)22)6-8-17(18)27-14-16-7-9-20(26-2)24-13-16/h3-11,13,19H,12,14,22-23H2,1-2H3. The molecule has 2 atom stereocenters. The fraction of sp³-hybridized carbons (Fsp3) is 0.286. The average molecular weight is 367 g/mol. The number of ether oxygens (including phenoxy) is 3. The van der Waals surface area contributed by atoms with Gasteiger partial charge in [-0.05, 0) is 30.2 Å². The molecule has 0 saturated carbocycles. The minimum atomic E-state index is -0.614. The Balaban J connectivity index is 1.70. The van der Waals surface area contributed by atoms with Gasteiger partial charge in [-0.1, -0.05) is 30.4 Å². The Labute approximate surface area is 159 Å². The molecule has 2 aromatic rings. The van der Waals surface area contributed by atoms with Gasteiger partial charge >= 0.3 is 0 Å². The second-order valence-corrected chi connectivity index (χ2v) is 6.54. The van der Waals surface area contributed by atoms with Crippen molar-refractivity contribution in [2.24, 2.45) is 11.5 Å². The fourth-order valence-corrected chi connectivity index (χ4v) is 2.96. The predicted molar refractivity (Wildman–Crippen MR) is 105 cm³/mol. The first-order valence-electron chi connectivity index (χ1n) is 8.73. The third kappa shape index (κ3) is 4.48. The summed E-state index contributed by atoms with van der Waals surface area (Å²) in [5.74, 6) is 1.88. The Morgan fingerprint density at radius 3 is 2.52 bits per heavy atom. The minimum Gasteiger partial charge on any atom is -0.493 e. The molecule has 27 heavy (non-hydrogen) atoms. The van der Waals surface area contributed by atoms with Crippen LogP contribution in [0, 0.1) is 0 Å². The molecule has 1 heterocycles. The van der Waals surface area contributed by atoms with E-state index >= 15 is 0 Å². The van der Waals surface area contributed by atoms with Crippen LogP contribution in [-0.4, -0.2) is 30.8 Å². The van der Waals surface area contributed by atoms with Gasteiger partial charge in [0.1, 0.15) is 6.61 Å². The van der Waals surface area contributed by atoms with Crippen molar-refractivity contribution in [1.29, 1.82) is 0 Å². The van der Waals surface area contributed by atoms with Crippen molar-refractivity contribution in [2.75, 3.05) is 14.2 Å². The molecule has 1 aromatic carbocycles. The van der Waals surface area contributed by atoms with Gasteiger partial charge in [-0.2, -0.15) is 0 Å². The van der Waals surface area contributed by atoms with Crippen LogP contribution in [0.5, 0.6) is 17.4 Å². The molecule has 0 spiro atoms. The third-order valence-corrected chi connectivity index (χ3v) is 4.60. The van der Waals surface area contributed by atoms with E-state index in [0.717, 1.165) is 11.1 Å². The number of allylic oxidation sites excluding steroid dienone is 2. The number of methoxy groups -OCH3 is 2. The second-order valence-electron chi connectivity index (χ2n) is 6.54. The van der Waals surface area contributed by atoms with Gasteiger partial charge in [0.2, 0.25) is 5.88 Å². The summed E-state index contributed by atoms with van der Waals surface area (Å²) in [6.45, 7) is 0.381. The molecular formula is C21H25N3O3. The number of aromatic nitrogens is 1. The molecule has 4 N–H and O–H groups in total. The van der Waals surface area contributed by atoms with E-state index in [2.05, 4.69) is 4.98 Å². The quantitative estimate of drug-likeness (QED) is 0.780. The number of hydrogen-bond donors (Lipinski definition) is 2. The molecule has 2 unspecified atom stereocenters. The van der Waals surface area contributed by atoms with E-state index in [1.807, 2.05) is 48.6 Å². The maximum Gasteiger partial charge on any atom is 0.212 e. The molecule has 0 saturated heterocycles. The minimum absolute atomic E-state index is 0.230. The zero-order valence-corrected chi connectivity index (χ0v) is 15.6. The van der Waals surface area contributed by atoms with Gasteiger partial charge in [-0.15, -0.1) is 0 Å². The molecular weight excluding hydrogens is 342 g/mol. The Kier molecular flexibility index (Phi) is 5.78. The highest BCUT2D eigenvalue weighted by Crippen LogP contribution is 2.31. The van der Waals surface area contributed by atoms with E-state index in [9.17, 15) is 0 Å². The van der Waals surface area contributed by atoms with Crippen LogP contribution in [0.2, 0.25) is 0 Å². The van der Waals surface area contributed by atoms with E-state index in [0.29, 0.717) is 30.4 Å². The lowest BCUT2D eigenvalue weighted by atomic mass is 9.82. The molecule has 1 aliphatic rings. The molecule has 3 rings (SSSR count). The van der Waals surface area contributed by atoms with Crippen LogP contribution in [0.4, 0.5) is 0 Å². The number of nitrogens with zero attached hydrogens (tertiary/aromatic N) is 1. The SMILES string of the molecule is COc1ccc(COc2ccc(CC3(N)C=CC=CC3N)cc2OC)cn1. The molecule has 142 valence electrons. The molecule has 6 nitrogen and oxygen atoms in total. The summed E-state index contributed by atoms with van der Waals surface area (Å²) in [6.07, 6.45) is 10.0. The highest BCUT2D eigenvalue weighted by molar-refractivity contribution is 5.44. The van der Waals surface area contributed by atoms with Crippen molar-refractivity contribution in [3.63, 3.8) is 0 Å². The topological polar surface area (TPSA) is 92.6 Å². The van der Waals surface area contributed by atoms with E-state index in [-0.39, 0.29) is 6.04 Å². The van der Waals surface area contributed by atoms with Crippen molar-refractivity contribution in [3.8, 4) is 17.4 Å². The molecule has 1 aliphatic carbocycles. The van der Waals surface area contributed by atoms with E-state index in [1.165, 1.54) is 0 Å². The van der Waals surface area contributed by atoms with Gasteiger partial charge in [0.15, 0.2) is 11.5 Å². The molecule has 0 radical (unpaired) electrons. The van der Waals surface area contributed by atoms with Crippen molar-refractivity contribution in [1.82, 2.24) is 4.98 Å². The van der Waals surface area contributed by atoms with Gasteiger partial charge in [0.25, 0.3) is 0 Å². The maximum atomic E-state index is 6.47. The van der Waals surface area contributed by atoms with Crippen molar-refractivity contribution < 1.29 is 14.2 Å². The van der Waals surface area contributed by atoms with Crippen molar-refractivity contribution in [2.45, 2.75) is 24.6 Å². The molecule has 0 amide bonds. The van der Waals surface area contributed by atoms with E-state index in [4.69, 9.17) is 25.7 Å². The summed E-state index contributed by atoms with van der Waals surface area (Å²) in [5.41, 5.74) is 14.0. The summed E-state index contributed by atoms with van der Waals surface area (Å²) >= 11 is 0. The first-order chi connectivity index (χ1) is 13.0. The lowest BCUT2D eigenvalue weighted by Crippen LogP contribution is -2.55. The van der Waals surface area contributed by atoms with Gasteiger partial charge in [-0.25, -0.2) is 4.98 Å². The van der Waals surface area contributed by atoms with Crippen molar-refractivity contribution >= 4 is 0 Å². The first-order valence-corrected chi connectivity index (χ1v) is 8.73. The Bertz CT molecular complexity index is 833. The zero-order valence-electron chi connectivity index (χ0n) is 15.6. The average Bonchev–Trinajstić information content (AvgIpc) is 2.69. The molecule has 0 fully saturated rings. The summed E-state index contributed by atoms with van der Waals surface area (Å²) < 4.78 is 16.4. The zero-order chi connectivity index (χ0) is 19.3. The number of hydrogen-bond acceptors (Lipinski definition) is 6. The fourth-order valence-electron chi connectivity index (χ4n) is 2.96. The molecule has 1 aromatic heterocycles. The first kappa shape index (κ1) is 18.9. The Hall–Kier alpha value is -2.83. The van der Waals surface area contributed by atoms with Gasteiger partial charge in [0, 0.05) is 23.9 Å². The van der Waals surface area contributed by atoms with Crippen LogP contribution in [0.1, 0.15) is 11.1 Å². The predicted octanol–water partition coefficient (Wildman–Crippen LogP) is 2.37. The largest absolute Gasteiger partial charge is 0.493 e. The van der Waals surface area contributed by atoms with Crippen LogP contribution in [0.3, 0.4) is 0 Å². The number of nitrogens with two attached hydrogens (primary N) is 2. The Morgan fingerprint density at radius 2 is 1.85 bits per heavy atom. The number of rotatable bonds is 7. The second kappa shape index (κ2) is 8.24. The van der Waals surface area contributed by atoms with Crippen LogP contribution >= 0.6 is 0 Å². The van der Waals surface area contributed by atoms with Crippen molar-refractivity contribution in [3.05, 3.63) is 72.0 Å². The highest BCUT2D eigenvalue weighted by atomic mass is 16.5. The van der Waals surface area contributed by atoms with Gasteiger partial charge in [-0.3, -0.25) is 0 Å². The summed E-state index contributed by atoms with van der Waals surface area (Å²) in [5, 5.41) is 0. The molecule has 0 bridgehead atoms. The lowest BCUT2D eigenvalue weighted by Gasteiger charge is -2.32. The lowest BCUT2D eigenvalue weighted by molar-refractivity contribution is 0.283. The maximum absolute atomic E-state index is 6.47. The smallest absolute Gasteiger partial charge is 0.212 e. The molecule has 0 aliphatic heterocycles. The number of pyridine rings is 1. The van der Waals surface area contributed by atoms with Crippen LogP contribution in [0.25, 0.3) is 0 Å². The van der Waals surface area contributed by atoms with Crippen LogP contribution < -0.4 is 25.7 Å². The van der Waals surface area contributed by atoms with Crippen LogP contribution in [-0.2, 0) is 13.0 Å². The summed E-state index contributed by atoms with van der Waals surface area (Å²) in [6, 6.07) is 9.30. The van der Waals surface area contributed by atoms with Gasteiger partial charge in [0.05, 0.1) is 19.8 Å². The van der Waals surface area contributed by atoms with E-state index in [1.54, 1.807) is 26.5 Å². The highest BCUT2D eigenvalue weighted by Gasteiger charge is 2.30. The van der Waals surface area contributed by atoms with Gasteiger partial charge < -0.3 is 25.7 Å². The monoisotopic (exact) mass is 367 g/mol. The normalized spacial score (nSPS) is 21.1. The summed E-state index contributed by atoms with van der Waals surface area (Å²) in [7, 11) is 3.21.